The Bertz CT molecular complexity index is 656. The Labute approximate surface area is 115 Å². The molecular weight excluding hydrogens is 284 g/mol. The van der Waals surface area contributed by atoms with Crippen molar-refractivity contribution in [2.75, 3.05) is 0 Å². The second kappa shape index (κ2) is 4.52. The molecule has 1 saturated carbocycles. The largest absolute Gasteiger partial charge is 0.476 e. The zero-order chi connectivity index (χ0) is 14.3. The van der Waals surface area contributed by atoms with Crippen molar-refractivity contribution in [3.8, 4) is 11.6 Å². The van der Waals surface area contributed by atoms with E-state index in [2.05, 4.69) is 24.7 Å². The lowest BCUT2D eigenvalue weighted by Crippen LogP contribution is -1.99. The van der Waals surface area contributed by atoms with E-state index in [9.17, 15) is 9.18 Å². The number of hydrogen-bond donors (Lipinski definition) is 2. The lowest BCUT2D eigenvalue weighted by molar-refractivity contribution is 0.0687. The van der Waals surface area contributed by atoms with Gasteiger partial charge in [-0.25, -0.2) is 14.3 Å². The van der Waals surface area contributed by atoms with Crippen molar-refractivity contribution < 1.29 is 19.0 Å². The van der Waals surface area contributed by atoms with Crippen LogP contribution in [0, 0.1) is 0 Å². The summed E-state index contributed by atoms with van der Waals surface area (Å²) in [5.41, 5.74) is 0.597. The summed E-state index contributed by atoms with van der Waals surface area (Å²) in [5, 5.41) is 16.8. The van der Waals surface area contributed by atoms with E-state index in [-0.39, 0.29) is 17.5 Å². The van der Waals surface area contributed by atoms with Crippen LogP contribution < -0.4 is 4.74 Å². The lowest BCUT2D eigenvalue weighted by atomic mass is 10.1. The highest BCUT2D eigenvalue weighted by Crippen LogP contribution is 2.59. The number of H-pyrrole nitrogens is 1. The molecule has 104 valence electrons. The number of rotatable bonds is 4. The molecular formula is C12H11FN3O3P. The fraction of sp³-hybridized carbons (Fsp3) is 0.250. The summed E-state index contributed by atoms with van der Waals surface area (Å²) < 4.78 is 18.9. The molecule has 0 amide bonds. The van der Waals surface area contributed by atoms with Crippen LogP contribution in [-0.2, 0) is 0 Å². The number of halogens is 1. The summed E-state index contributed by atoms with van der Waals surface area (Å²) in [7, 11) is 2.21. The van der Waals surface area contributed by atoms with Crippen molar-refractivity contribution >= 4 is 15.2 Å². The highest BCUT2D eigenvalue weighted by Gasteiger charge is 2.52. The number of carboxylic acid groups (broad SMARTS) is 1. The van der Waals surface area contributed by atoms with Crippen LogP contribution in [0.25, 0.3) is 0 Å². The first-order valence-electron chi connectivity index (χ1n) is 5.87. The Hall–Kier alpha value is -2.01. The molecule has 1 fully saturated rings. The second-order valence-electron chi connectivity index (χ2n) is 4.65. The predicted molar refractivity (Wildman–Crippen MR) is 70.8 cm³/mol. The molecule has 0 radical (unpaired) electrons. The minimum Gasteiger partial charge on any atom is -0.476 e. The SMILES string of the molecule is O=C(O)c1nn[nH]c1Oc1ccc(C2CC2(F)P)cc1. The minimum absolute atomic E-state index is 0.0393. The van der Waals surface area contributed by atoms with E-state index in [1.807, 2.05) is 0 Å². The number of carbonyl (C=O) groups is 1. The molecule has 2 N–H and O–H groups in total. The van der Waals surface area contributed by atoms with Crippen molar-refractivity contribution in [3.63, 3.8) is 0 Å². The molecule has 3 unspecified atom stereocenters. The van der Waals surface area contributed by atoms with Crippen molar-refractivity contribution in [2.45, 2.75) is 17.7 Å². The van der Waals surface area contributed by atoms with Gasteiger partial charge in [0, 0.05) is 5.92 Å². The first-order chi connectivity index (χ1) is 9.47. The number of hydrogen-bond acceptors (Lipinski definition) is 4. The Morgan fingerprint density at radius 1 is 1.50 bits per heavy atom. The van der Waals surface area contributed by atoms with Crippen LogP contribution in [0.4, 0.5) is 4.39 Å². The second-order valence-corrected chi connectivity index (χ2v) is 5.61. The molecule has 1 aromatic heterocycles. The van der Waals surface area contributed by atoms with Crippen molar-refractivity contribution in [1.82, 2.24) is 15.4 Å². The maximum absolute atomic E-state index is 13.5. The minimum atomic E-state index is -1.23. The summed E-state index contributed by atoms with van der Waals surface area (Å²) in [4.78, 5) is 10.8. The molecule has 1 heterocycles. The van der Waals surface area contributed by atoms with Crippen molar-refractivity contribution in [2.24, 2.45) is 0 Å². The van der Waals surface area contributed by atoms with Crippen molar-refractivity contribution in [3.05, 3.63) is 35.5 Å². The average Bonchev–Trinajstić information content (AvgIpc) is 2.84. The summed E-state index contributed by atoms with van der Waals surface area (Å²) in [6, 6.07) is 6.83. The molecule has 3 atom stereocenters. The number of nitrogens with one attached hydrogen (secondary N) is 1. The molecule has 0 saturated heterocycles. The average molecular weight is 295 g/mol. The van der Waals surface area contributed by atoms with Gasteiger partial charge in [0.1, 0.15) is 11.2 Å². The number of carboxylic acids is 1. The van der Waals surface area contributed by atoms with Gasteiger partial charge in [0.2, 0.25) is 5.69 Å². The van der Waals surface area contributed by atoms with Gasteiger partial charge in [0.25, 0.3) is 5.88 Å². The van der Waals surface area contributed by atoms with Gasteiger partial charge in [-0.1, -0.05) is 26.6 Å². The van der Waals surface area contributed by atoms with Crippen LogP contribution in [0.2, 0.25) is 0 Å². The molecule has 1 aliphatic rings. The fourth-order valence-electron chi connectivity index (χ4n) is 1.96. The number of aromatic nitrogens is 3. The third-order valence-corrected chi connectivity index (χ3v) is 3.80. The number of ether oxygens (including phenoxy) is 1. The normalized spacial score (nSPS) is 24.4. The summed E-state index contributed by atoms with van der Waals surface area (Å²) in [5.74, 6) is -0.947. The van der Waals surface area contributed by atoms with E-state index >= 15 is 0 Å². The smallest absolute Gasteiger partial charge is 0.362 e. The monoisotopic (exact) mass is 295 g/mol. The van der Waals surface area contributed by atoms with Crippen LogP contribution in [0.5, 0.6) is 11.6 Å². The summed E-state index contributed by atoms with van der Waals surface area (Å²) >= 11 is 0. The molecule has 1 aliphatic carbocycles. The standard InChI is InChI=1S/C12H11FN3O3P/c13-12(20)5-8(12)6-1-3-7(4-2-6)19-10-9(11(17)18)14-16-15-10/h1-4,8H,5,20H2,(H,17,18)(H,14,15,16). The quantitative estimate of drug-likeness (QED) is 0.845. The van der Waals surface area contributed by atoms with E-state index in [4.69, 9.17) is 9.84 Å². The van der Waals surface area contributed by atoms with Gasteiger partial charge in [-0.2, -0.15) is 0 Å². The van der Waals surface area contributed by atoms with E-state index < -0.39 is 11.4 Å². The van der Waals surface area contributed by atoms with Gasteiger partial charge in [-0.3, -0.25) is 0 Å². The third kappa shape index (κ3) is 2.36. The fourth-order valence-corrected chi connectivity index (χ4v) is 2.39. The maximum Gasteiger partial charge on any atom is 0.362 e. The highest BCUT2D eigenvalue weighted by atomic mass is 31.0. The Morgan fingerprint density at radius 3 is 2.70 bits per heavy atom. The molecule has 8 heteroatoms. The molecule has 6 nitrogen and oxygen atoms in total. The summed E-state index contributed by atoms with van der Waals surface area (Å²) in [6.07, 6.45) is 0.492. The summed E-state index contributed by atoms with van der Waals surface area (Å²) in [6.45, 7) is 0. The zero-order valence-electron chi connectivity index (χ0n) is 10.2. The number of alkyl halides is 1. The maximum atomic E-state index is 13.5. The molecule has 0 spiro atoms. The van der Waals surface area contributed by atoms with Crippen LogP contribution in [0.1, 0.15) is 28.4 Å². The molecule has 0 bridgehead atoms. The topological polar surface area (TPSA) is 88.1 Å². The Morgan fingerprint density at radius 2 is 2.15 bits per heavy atom. The van der Waals surface area contributed by atoms with Crippen molar-refractivity contribution in [1.29, 1.82) is 0 Å². The van der Waals surface area contributed by atoms with Gasteiger partial charge in [0.05, 0.1) is 0 Å². The van der Waals surface area contributed by atoms with Gasteiger partial charge in [0.15, 0.2) is 0 Å². The molecule has 2 aromatic rings. The zero-order valence-corrected chi connectivity index (χ0v) is 11.4. The van der Waals surface area contributed by atoms with E-state index in [1.165, 1.54) is 0 Å². The van der Waals surface area contributed by atoms with Gasteiger partial charge in [-0.15, -0.1) is 5.10 Å². The number of aromatic carboxylic acids is 1. The highest BCUT2D eigenvalue weighted by molar-refractivity contribution is 7.19. The number of benzene rings is 1. The van der Waals surface area contributed by atoms with Gasteiger partial charge >= 0.3 is 5.97 Å². The molecule has 3 rings (SSSR count). The number of nitrogens with zero attached hydrogens (tertiary/aromatic N) is 2. The molecule has 0 aliphatic heterocycles. The van der Waals surface area contributed by atoms with Crippen LogP contribution in [0.15, 0.2) is 24.3 Å². The van der Waals surface area contributed by atoms with Crippen LogP contribution >= 0.6 is 9.24 Å². The molecule has 1 aromatic carbocycles. The lowest BCUT2D eigenvalue weighted by Gasteiger charge is -2.05. The first kappa shape index (κ1) is 13.0. The third-order valence-electron chi connectivity index (χ3n) is 3.16. The van der Waals surface area contributed by atoms with E-state index in [0.29, 0.717) is 12.2 Å². The van der Waals surface area contributed by atoms with E-state index in [0.717, 1.165) is 5.56 Å². The molecule has 20 heavy (non-hydrogen) atoms. The number of aromatic amines is 1. The predicted octanol–water partition coefficient (Wildman–Crippen LogP) is 2.32. The Balaban J connectivity index is 1.75. The van der Waals surface area contributed by atoms with Crippen LogP contribution in [-0.4, -0.2) is 31.9 Å². The first-order valence-corrected chi connectivity index (χ1v) is 6.45. The van der Waals surface area contributed by atoms with Gasteiger partial charge < -0.3 is 9.84 Å². The van der Waals surface area contributed by atoms with Crippen LogP contribution in [0.3, 0.4) is 0 Å². The van der Waals surface area contributed by atoms with Gasteiger partial charge in [-0.05, 0) is 24.1 Å². The van der Waals surface area contributed by atoms with E-state index in [1.54, 1.807) is 24.3 Å². The Kier molecular flexibility index (Phi) is 2.94.